The van der Waals surface area contributed by atoms with Crippen LogP contribution in [0.5, 0.6) is 0 Å². The summed E-state index contributed by atoms with van der Waals surface area (Å²) in [5, 5.41) is 3.89. The van der Waals surface area contributed by atoms with E-state index in [9.17, 15) is 4.79 Å². The standard InChI is InChI=1S/C14H19ClN2O/c1-10-5-3-7-12(13(10)15)14(18)17(2)11-6-4-8-16-9-11/h3,5,7,11,16H,4,6,8-9H2,1-2H3. The molecule has 0 aliphatic carbocycles. The molecule has 1 heterocycles. The molecular formula is C14H19ClN2O. The highest BCUT2D eigenvalue weighted by Gasteiger charge is 2.24. The number of aryl methyl sites for hydroxylation is 1. The zero-order valence-electron chi connectivity index (χ0n) is 10.9. The number of benzene rings is 1. The lowest BCUT2D eigenvalue weighted by atomic mass is 10.0. The fraction of sp³-hybridized carbons (Fsp3) is 0.500. The predicted molar refractivity (Wildman–Crippen MR) is 74.2 cm³/mol. The summed E-state index contributed by atoms with van der Waals surface area (Å²) in [5.74, 6) is 0.0115. The minimum Gasteiger partial charge on any atom is -0.337 e. The van der Waals surface area contributed by atoms with Crippen LogP contribution in [0.2, 0.25) is 5.02 Å². The molecule has 0 radical (unpaired) electrons. The third-order valence-corrected chi connectivity index (χ3v) is 4.06. The summed E-state index contributed by atoms with van der Waals surface area (Å²) in [5.41, 5.74) is 1.54. The van der Waals surface area contributed by atoms with Gasteiger partial charge in [-0.2, -0.15) is 0 Å². The van der Waals surface area contributed by atoms with Crippen LogP contribution in [0.4, 0.5) is 0 Å². The van der Waals surface area contributed by atoms with Gasteiger partial charge < -0.3 is 10.2 Å². The Morgan fingerprint density at radius 2 is 2.28 bits per heavy atom. The first-order chi connectivity index (χ1) is 8.61. The summed E-state index contributed by atoms with van der Waals surface area (Å²) in [7, 11) is 1.86. The molecule has 1 atom stereocenters. The number of carbonyl (C=O) groups excluding carboxylic acids is 1. The third kappa shape index (κ3) is 2.68. The van der Waals surface area contributed by atoms with Gasteiger partial charge in [-0.3, -0.25) is 4.79 Å². The summed E-state index contributed by atoms with van der Waals surface area (Å²) >= 11 is 6.21. The number of nitrogens with one attached hydrogen (secondary N) is 1. The van der Waals surface area contributed by atoms with E-state index in [4.69, 9.17) is 11.6 Å². The molecule has 98 valence electrons. The Balaban J connectivity index is 2.17. The highest BCUT2D eigenvalue weighted by molar-refractivity contribution is 6.34. The van der Waals surface area contributed by atoms with Crippen molar-refractivity contribution in [1.29, 1.82) is 0 Å². The minimum absolute atomic E-state index is 0.0115. The molecule has 1 amide bonds. The van der Waals surface area contributed by atoms with Crippen molar-refractivity contribution in [2.45, 2.75) is 25.8 Å². The normalized spacial score (nSPS) is 19.6. The van der Waals surface area contributed by atoms with Crippen LogP contribution in [-0.2, 0) is 0 Å². The van der Waals surface area contributed by atoms with Crippen LogP contribution in [0.15, 0.2) is 18.2 Å². The van der Waals surface area contributed by atoms with Gasteiger partial charge in [0.2, 0.25) is 0 Å². The summed E-state index contributed by atoms with van der Waals surface area (Å²) < 4.78 is 0. The molecule has 0 bridgehead atoms. The molecular weight excluding hydrogens is 248 g/mol. The van der Waals surface area contributed by atoms with E-state index >= 15 is 0 Å². The first-order valence-corrected chi connectivity index (χ1v) is 6.72. The van der Waals surface area contributed by atoms with Crippen LogP contribution in [0.1, 0.15) is 28.8 Å². The maximum Gasteiger partial charge on any atom is 0.255 e. The van der Waals surface area contributed by atoms with Crippen LogP contribution in [0.25, 0.3) is 0 Å². The number of rotatable bonds is 2. The van der Waals surface area contributed by atoms with Crippen LogP contribution in [0.3, 0.4) is 0 Å². The summed E-state index contributed by atoms with van der Waals surface area (Å²) in [6, 6.07) is 5.86. The number of nitrogens with zero attached hydrogens (tertiary/aromatic N) is 1. The Labute approximate surface area is 113 Å². The number of likely N-dealkylation sites (N-methyl/N-ethyl adjacent to an activating group) is 1. The van der Waals surface area contributed by atoms with E-state index in [1.165, 1.54) is 0 Å². The number of halogens is 1. The lowest BCUT2D eigenvalue weighted by Crippen LogP contribution is -2.46. The van der Waals surface area contributed by atoms with Gasteiger partial charge in [-0.1, -0.05) is 23.7 Å². The van der Waals surface area contributed by atoms with Crippen LogP contribution in [0, 0.1) is 6.92 Å². The van der Waals surface area contributed by atoms with Crippen molar-refractivity contribution in [3.63, 3.8) is 0 Å². The fourth-order valence-corrected chi connectivity index (χ4v) is 2.54. The average Bonchev–Trinajstić information content (AvgIpc) is 2.41. The molecule has 1 aromatic carbocycles. The van der Waals surface area contributed by atoms with E-state index < -0.39 is 0 Å². The van der Waals surface area contributed by atoms with E-state index in [0.717, 1.165) is 31.5 Å². The monoisotopic (exact) mass is 266 g/mol. The third-order valence-electron chi connectivity index (χ3n) is 3.56. The minimum atomic E-state index is 0.0115. The Bertz CT molecular complexity index is 441. The molecule has 1 aliphatic heterocycles. The highest BCUT2D eigenvalue weighted by atomic mass is 35.5. The molecule has 1 unspecified atom stereocenters. The number of piperidine rings is 1. The fourth-order valence-electron chi connectivity index (χ4n) is 2.33. The smallest absolute Gasteiger partial charge is 0.255 e. The molecule has 0 aromatic heterocycles. The first kappa shape index (κ1) is 13.4. The maximum atomic E-state index is 12.4. The largest absolute Gasteiger partial charge is 0.337 e. The van der Waals surface area contributed by atoms with Gasteiger partial charge in [-0.15, -0.1) is 0 Å². The second kappa shape index (κ2) is 5.72. The molecule has 3 nitrogen and oxygen atoms in total. The van der Waals surface area contributed by atoms with E-state index in [-0.39, 0.29) is 11.9 Å². The van der Waals surface area contributed by atoms with E-state index in [1.54, 1.807) is 6.07 Å². The second-order valence-electron chi connectivity index (χ2n) is 4.85. The van der Waals surface area contributed by atoms with Gasteiger partial charge in [0.15, 0.2) is 0 Å². The molecule has 1 aliphatic rings. The lowest BCUT2D eigenvalue weighted by Gasteiger charge is -2.32. The van der Waals surface area contributed by atoms with Gasteiger partial charge in [0.25, 0.3) is 5.91 Å². The first-order valence-electron chi connectivity index (χ1n) is 6.34. The number of carbonyl (C=O) groups is 1. The maximum absolute atomic E-state index is 12.4. The van der Waals surface area contributed by atoms with Crippen molar-refractivity contribution < 1.29 is 4.79 Å². The zero-order valence-corrected chi connectivity index (χ0v) is 11.6. The van der Waals surface area contributed by atoms with Crippen LogP contribution in [-0.4, -0.2) is 37.0 Å². The van der Waals surface area contributed by atoms with Crippen LogP contribution < -0.4 is 5.32 Å². The molecule has 0 spiro atoms. The molecule has 18 heavy (non-hydrogen) atoms. The van der Waals surface area contributed by atoms with E-state index in [0.29, 0.717) is 10.6 Å². The second-order valence-corrected chi connectivity index (χ2v) is 5.23. The molecule has 2 rings (SSSR count). The molecule has 1 aromatic rings. The highest BCUT2D eigenvalue weighted by Crippen LogP contribution is 2.22. The number of hydrogen-bond acceptors (Lipinski definition) is 2. The topological polar surface area (TPSA) is 32.3 Å². The quantitative estimate of drug-likeness (QED) is 0.892. The van der Waals surface area contributed by atoms with Gasteiger partial charge in [0.1, 0.15) is 0 Å². The van der Waals surface area contributed by atoms with E-state index in [1.807, 2.05) is 31.0 Å². The Morgan fingerprint density at radius 1 is 1.50 bits per heavy atom. The Hall–Kier alpha value is -1.06. The van der Waals surface area contributed by atoms with Gasteiger partial charge >= 0.3 is 0 Å². The molecule has 4 heteroatoms. The number of hydrogen-bond donors (Lipinski definition) is 1. The van der Waals surface area contributed by atoms with Crippen molar-refractivity contribution in [1.82, 2.24) is 10.2 Å². The van der Waals surface area contributed by atoms with Gasteiger partial charge in [0, 0.05) is 19.6 Å². The Kier molecular flexibility index (Phi) is 4.25. The Morgan fingerprint density at radius 3 is 2.94 bits per heavy atom. The van der Waals surface area contributed by atoms with Crippen molar-refractivity contribution in [3.05, 3.63) is 34.3 Å². The molecule has 1 fully saturated rings. The SMILES string of the molecule is Cc1cccc(C(=O)N(C)C2CCCNC2)c1Cl. The predicted octanol–water partition coefficient (Wildman–Crippen LogP) is 2.47. The van der Waals surface area contributed by atoms with Crippen molar-refractivity contribution in [2.75, 3.05) is 20.1 Å². The van der Waals surface area contributed by atoms with Crippen molar-refractivity contribution in [2.24, 2.45) is 0 Å². The van der Waals surface area contributed by atoms with Crippen molar-refractivity contribution >= 4 is 17.5 Å². The molecule has 1 saturated heterocycles. The zero-order chi connectivity index (χ0) is 13.1. The molecule has 1 N–H and O–H groups in total. The van der Waals surface area contributed by atoms with Crippen molar-refractivity contribution in [3.8, 4) is 0 Å². The summed E-state index contributed by atoms with van der Waals surface area (Å²) in [4.78, 5) is 14.2. The van der Waals surface area contributed by atoms with Gasteiger partial charge in [-0.25, -0.2) is 0 Å². The van der Waals surface area contributed by atoms with Crippen LogP contribution >= 0.6 is 11.6 Å². The van der Waals surface area contributed by atoms with E-state index in [2.05, 4.69) is 5.32 Å². The lowest BCUT2D eigenvalue weighted by molar-refractivity contribution is 0.0708. The average molecular weight is 267 g/mol. The summed E-state index contributed by atoms with van der Waals surface area (Å²) in [6.45, 7) is 3.83. The molecule has 0 saturated carbocycles. The van der Waals surface area contributed by atoms with Gasteiger partial charge in [-0.05, 0) is 37.9 Å². The van der Waals surface area contributed by atoms with Gasteiger partial charge in [0.05, 0.1) is 10.6 Å². The number of amides is 1. The summed E-state index contributed by atoms with van der Waals surface area (Å²) in [6.07, 6.45) is 2.17.